The number of benzene rings is 1. The van der Waals surface area contributed by atoms with Gasteiger partial charge in [-0.3, -0.25) is 10.1 Å². The van der Waals surface area contributed by atoms with Crippen LogP contribution in [-0.2, 0) is 4.74 Å². The van der Waals surface area contributed by atoms with E-state index in [1.807, 2.05) is 6.07 Å². The SMILES string of the molecule is N#Cc1cc(C(=O)NC(=O)N[C@H]2C[C@H](O)[C@@H](CO)O2)cnc1Sc1ccc(F)cc1. The Morgan fingerprint density at radius 2 is 2.10 bits per heavy atom. The molecule has 30 heavy (non-hydrogen) atoms. The Bertz CT molecular complexity index is 982. The highest BCUT2D eigenvalue weighted by molar-refractivity contribution is 7.99. The molecule has 1 aromatic carbocycles. The van der Waals surface area contributed by atoms with Gasteiger partial charge in [0, 0.05) is 17.5 Å². The summed E-state index contributed by atoms with van der Waals surface area (Å²) in [5.74, 6) is -1.17. The predicted molar refractivity (Wildman–Crippen MR) is 102 cm³/mol. The van der Waals surface area contributed by atoms with Crippen LogP contribution in [0.3, 0.4) is 0 Å². The molecule has 3 rings (SSSR count). The van der Waals surface area contributed by atoms with E-state index in [4.69, 9.17) is 9.84 Å². The number of aromatic nitrogens is 1. The largest absolute Gasteiger partial charge is 0.394 e. The summed E-state index contributed by atoms with van der Waals surface area (Å²) in [7, 11) is 0. The van der Waals surface area contributed by atoms with Gasteiger partial charge in [-0.2, -0.15) is 5.26 Å². The van der Waals surface area contributed by atoms with Gasteiger partial charge in [-0.25, -0.2) is 14.2 Å². The summed E-state index contributed by atoms with van der Waals surface area (Å²) in [6.07, 6.45) is -1.30. The number of imide groups is 1. The van der Waals surface area contributed by atoms with Crippen molar-refractivity contribution in [2.75, 3.05) is 6.61 Å². The number of hydrogen-bond acceptors (Lipinski definition) is 8. The molecule has 11 heteroatoms. The molecule has 0 saturated carbocycles. The molecular weight excluding hydrogens is 415 g/mol. The number of nitriles is 1. The van der Waals surface area contributed by atoms with Crippen molar-refractivity contribution in [2.45, 2.75) is 34.8 Å². The number of nitrogens with one attached hydrogen (secondary N) is 2. The number of urea groups is 1. The fraction of sp³-hybridized carbons (Fsp3) is 0.263. The highest BCUT2D eigenvalue weighted by Gasteiger charge is 2.34. The van der Waals surface area contributed by atoms with Gasteiger partial charge in [0.2, 0.25) is 0 Å². The van der Waals surface area contributed by atoms with Gasteiger partial charge in [-0.15, -0.1) is 0 Å². The van der Waals surface area contributed by atoms with Gasteiger partial charge in [0.1, 0.15) is 29.2 Å². The van der Waals surface area contributed by atoms with Gasteiger partial charge in [-0.1, -0.05) is 11.8 Å². The van der Waals surface area contributed by atoms with Crippen molar-refractivity contribution in [3.8, 4) is 6.07 Å². The summed E-state index contributed by atoms with van der Waals surface area (Å²) in [5.41, 5.74) is 0.108. The first-order valence-electron chi connectivity index (χ1n) is 8.79. The number of aliphatic hydroxyl groups is 2. The van der Waals surface area contributed by atoms with Crippen LogP contribution >= 0.6 is 11.8 Å². The number of halogens is 1. The first-order chi connectivity index (χ1) is 14.4. The molecule has 1 aromatic heterocycles. The first kappa shape index (κ1) is 21.7. The van der Waals surface area contributed by atoms with E-state index in [1.165, 1.54) is 36.5 Å². The Morgan fingerprint density at radius 3 is 2.73 bits per heavy atom. The van der Waals surface area contributed by atoms with E-state index in [0.29, 0.717) is 9.92 Å². The normalized spacial score (nSPS) is 20.4. The second kappa shape index (κ2) is 9.64. The first-order valence-corrected chi connectivity index (χ1v) is 9.61. The quantitative estimate of drug-likeness (QED) is 0.551. The van der Waals surface area contributed by atoms with E-state index in [9.17, 15) is 24.3 Å². The van der Waals surface area contributed by atoms with Crippen LogP contribution < -0.4 is 10.6 Å². The van der Waals surface area contributed by atoms with Crippen molar-refractivity contribution in [1.82, 2.24) is 15.6 Å². The Balaban J connectivity index is 1.62. The number of nitrogens with zero attached hydrogens (tertiary/aromatic N) is 2. The van der Waals surface area contributed by atoms with Crippen LogP contribution in [0.5, 0.6) is 0 Å². The Morgan fingerprint density at radius 1 is 1.37 bits per heavy atom. The van der Waals surface area contributed by atoms with Gasteiger partial charge < -0.3 is 20.3 Å². The molecule has 156 valence electrons. The van der Waals surface area contributed by atoms with Gasteiger partial charge in [0.15, 0.2) is 0 Å². The molecule has 0 unspecified atom stereocenters. The van der Waals surface area contributed by atoms with Crippen LogP contribution in [0.4, 0.5) is 9.18 Å². The molecule has 4 N–H and O–H groups in total. The van der Waals surface area contributed by atoms with Crippen LogP contribution in [0, 0.1) is 17.1 Å². The molecule has 0 spiro atoms. The predicted octanol–water partition coefficient (Wildman–Crippen LogP) is 1.15. The summed E-state index contributed by atoms with van der Waals surface area (Å²) in [5, 5.41) is 32.8. The van der Waals surface area contributed by atoms with E-state index in [0.717, 1.165) is 11.8 Å². The summed E-state index contributed by atoms with van der Waals surface area (Å²) in [6, 6.07) is 8.01. The molecule has 2 aromatic rings. The maximum atomic E-state index is 13.0. The molecule has 0 radical (unpaired) electrons. The van der Waals surface area contributed by atoms with E-state index < -0.39 is 37.0 Å². The highest BCUT2D eigenvalue weighted by atomic mass is 32.2. The van der Waals surface area contributed by atoms with E-state index in [2.05, 4.69) is 15.6 Å². The zero-order chi connectivity index (χ0) is 21.7. The van der Waals surface area contributed by atoms with Crippen molar-refractivity contribution < 1.29 is 28.9 Å². The van der Waals surface area contributed by atoms with Crippen LogP contribution in [0.1, 0.15) is 22.3 Å². The summed E-state index contributed by atoms with van der Waals surface area (Å²) in [6.45, 7) is -0.398. The lowest BCUT2D eigenvalue weighted by Gasteiger charge is -2.14. The second-order valence-corrected chi connectivity index (χ2v) is 7.38. The number of pyridine rings is 1. The number of carbonyl (C=O) groups is 2. The van der Waals surface area contributed by atoms with E-state index in [1.54, 1.807) is 0 Å². The minimum Gasteiger partial charge on any atom is -0.394 e. The number of amides is 3. The van der Waals surface area contributed by atoms with Gasteiger partial charge in [-0.05, 0) is 30.3 Å². The molecule has 1 saturated heterocycles. The maximum Gasteiger partial charge on any atom is 0.323 e. The van der Waals surface area contributed by atoms with Gasteiger partial charge in [0.25, 0.3) is 5.91 Å². The molecule has 0 bridgehead atoms. The number of ether oxygens (including phenoxy) is 1. The average Bonchev–Trinajstić information content (AvgIpc) is 3.08. The van der Waals surface area contributed by atoms with Gasteiger partial charge >= 0.3 is 6.03 Å². The number of carbonyl (C=O) groups excluding carboxylic acids is 2. The molecular formula is C19H17FN4O5S. The fourth-order valence-corrected chi connectivity index (χ4v) is 3.51. The molecule has 1 aliphatic rings. The number of rotatable bonds is 5. The molecule has 3 atom stereocenters. The Kier molecular flexibility index (Phi) is 6.96. The van der Waals surface area contributed by atoms with Crippen LogP contribution in [0.2, 0.25) is 0 Å². The Hall–Kier alpha value is -3.04. The Labute approximate surface area is 174 Å². The van der Waals surface area contributed by atoms with Crippen molar-refractivity contribution in [3.05, 3.63) is 53.5 Å². The summed E-state index contributed by atoms with van der Waals surface area (Å²) < 4.78 is 18.2. The van der Waals surface area contributed by atoms with Crippen molar-refractivity contribution in [3.63, 3.8) is 0 Å². The molecule has 3 amide bonds. The minimum absolute atomic E-state index is 0.00855. The lowest BCUT2D eigenvalue weighted by atomic mass is 10.2. The molecule has 0 aliphatic carbocycles. The van der Waals surface area contributed by atoms with Crippen LogP contribution in [0.25, 0.3) is 0 Å². The lowest BCUT2D eigenvalue weighted by Crippen LogP contribution is -2.44. The van der Waals surface area contributed by atoms with Crippen molar-refractivity contribution >= 4 is 23.7 Å². The van der Waals surface area contributed by atoms with Crippen LogP contribution in [0.15, 0.2) is 46.5 Å². The molecule has 1 fully saturated rings. The van der Waals surface area contributed by atoms with Crippen molar-refractivity contribution in [1.29, 1.82) is 5.26 Å². The van der Waals surface area contributed by atoms with Gasteiger partial charge in [0.05, 0.1) is 23.8 Å². The van der Waals surface area contributed by atoms with Crippen molar-refractivity contribution in [2.24, 2.45) is 0 Å². The fourth-order valence-electron chi connectivity index (χ4n) is 2.70. The third-order valence-electron chi connectivity index (χ3n) is 4.18. The third kappa shape index (κ3) is 5.31. The molecule has 2 heterocycles. The zero-order valence-electron chi connectivity index (χ0n) is 15.4. The van der Waals surface area contributed by atoms with Crippen LogP contribution in [-0.4, -0.2) is 52.2 Å². The topological polar surface area (TPSA) is 145 Å². The number of hydrogen-bond donors (Lipinski definition) is 4. The lowest BCUT2D eigenvalue weighted by molar-refractivity contribution is -0.0272. The standard InChI is InChI=1S/C19H17FN4O5S/c20-12-1-3-13(4-2-12)30-18-10(7-21)5-11(8-22-18)17(27)24-19(28)23-16-6-14(26)15(9-25)29-16/h1-5,8,14-16,25-26H,6,9H2,(H2,23,24,27,28)/t14-,15+,16+/m0/s1. The van der Waals surface area contributed by atoms with E-state index in [-0.39, 0.29) is 23.4 Å². The second-order valence-electron chi connectivity index (χ2n) is 6.32. The summed E-state index contributed by atoms with van der Waals surface area (Å²) in [4.78, 5) is 29.0. The highest BCUT2D eigenvalue weighted by Crippen LogP contribution is 2.29. The third-order valence-corrected chi connectivity index (χ3v) is 5.21. The molecule has 9 nitrogen and oxygen atoms in total. The molecule has 1 aliphatic heterocycles. The smallest absolute Gasteiger partial charge is 0.323 e. The van der Waals surface area contributed by atoms with E-state index >= 15 is 0 Å². The average molecular weight is 432 g/mol. The maximum absolute atomic E-state index is 13.0. The summed E-state index contributed by atoms with van der Waals surface area (Å²) >= 11 is 1.13. The zero-order valence-corrected chi connectivity index (χ0v) is 16.2. The number of aliphatic hydroxyl groups excluding tert-OH is 2. The monoisotopic (exact) mass is 432 g/mol. The minimum atomic E-state index is -0.926.